The largest absolute Gasteiger partial charge is 0.482 e. The molecule has 4 aliphatic rings. The molecule has 2 bridgehead atoms. The van der Waals surface area contributed by atoms with Crippen molar-refractivity contribution in [3.63, 3.8) is 0 Å². The molecule has 46 heavy (non-hydrogen) atoms. The second-order valence-electron chi connectivity index (χ2n) is 15.4. The number of nitrogens with one attached hydrogen (secondary N) is 1. The third-order valence-electron chi connectivity index (χ3n) is 11.1. The second-order valence-corrected chi connectivity index (χ2v) is 15.4. The molecule has 1 aromatic carbocycles. The number of nitrogens with zero attached hydrogens (tertiary/aromatic N) is 3. The van der Waals surface area contributed by atoms with Crippen LogP contribution in [0.25, 0.3) is 0 Å². The number of alkyl carbamates (subject to hydrolysis) is 1. The lowest BCUT2D eigenvalue weighted by Gasteiger charge is -2.39. The molecule has 2 amide bonds. The van der Waals surface area contributed by atoms with E-state index in [9.17, 15) is 23.6 Å². The van der Waals surface area contributed by atoms with Gasteiger partial charge in [-0.3, -0.25) is 9.69 Å². The van der Waals surface area contributed by atoms with Gasteiger partial charge in [-0.25, -0.2) is 13.6 Å². The Hall–Kier alpha value is -2.75. The van der Waals surface area contributed by atoms with E-state index in [-0.39, 0.29) is 44.5 Å². The number of aryl methyl sites for hydroxylation is 1. The molecule has 4 fully saturated rings. The van der Waals surface area contributed by atoms with Crippen LogP contribution in [0.5, 0.6) is 0 Å². The van der Waals surface area contributed by atoms with Crippen molar-refractivity contribution in [3.8, 4) is 6.07 Å². The van der Waals surface area contributed by atoms with E-state index in [0.29, 0.717) is 25.7 Å². The molecule has 0 aliphatic carbocycles. The minimum Gasteiger partial charge on any atom is -0.447 e. The molecular formula is C34H49BF2N4O5. The standard InChI is InChI=1S/C34H49BF2N4O5/c1-30(2,40-19-18-34(36,37)22-40)20-25(21-38)28(42)41-26-14-16-33(41,17-15-26)23-44-29(43)39-27(13-12-24-10-8-7-9-11-24)35-45-31(3,4)32(5,6)46-35/h7-11,25-27H,12-20,22-23H2,1-6H3,(H,39,43)/t25?,26?,27-,33?/m0/s1. The minimum absolute atomic E-state index is 0.00966. The third kappa shape index (κ3) is 7.07. The maximum Gasteiger partial charge on any atom is 0.482 e. The van der Waals surface area contributed by atoms with Gasteiger partial charge in [0.15, 0.2) is 0 Å². The molecule has 12 heteroatoms. The predicted molar refractivity (Wildman–Crippen MR) is 170 cm³/mol. The highest BCUT2D eigenvalue weighted by atomic mass is 19.3. The van der Waals surface area contributed by atoms with E-state index >= 15 is 0 Å². The van der Waals surface area contributed by atoms with Gasteiger partial charge in [-0.15, -0.1) is 0 Å². The summed E-state index contributed by atoms with van der Waals surface area (Å²) in [5.41, 5.74) is -1.45. The normalized spacial score (nSPS) is 27.8. The van der Waals surface area contributed by atoms with Crippen LogP contribution in [-0.2, 0) is 25.3 Å². The van der Waals surface area contributed by atoms with Crippen molar-refractivity contribution < 1.29 is 32.4 Å². The van der Waals surface area contributed by atoms with Gasteiger partial charge in [0.25, 0.3) is 5.92 Å². The number of hydrogen-bond donors (Lipinski definition) is 1. The van der Waals surface area contributed by atoms with Crippen LogP contribution in [0.2, 0.25) is 0 Å². The molecular weight excluding hydrogens is 593 g/mol. The minimum atomic E-state index is -2.76. The number of alkyl halides is 2. The number of carbonyl (C=O) groups is 2. The van der Waals surface area contributed by atoms with Gasteiger partial charge >= 0.3 is 13.2 Å². The van der Waals surface area contributed by atoms with Gasteiger partial charge in [0.1, 0.15) is 12.5 Å². The lowest BCUT2D eigenvalue weighted by Crippen LogP contribution is -2.54. The fraction of sp³-hybridized carbons (Fsp3) is 0.735. The lowest BCUT2D eigenvalue weighted by molar-refractivity contribution is -0.140. The Balaban J connectivity index is 1.24. The molecule has 4 saturated heterocycles. The van der Waals surface area contributed by atoms with Gasteiger partial charge in [-0.05, 0) is 92.1 Å². The zero-order chi connectivity index (χ0) is 33.5. The zero-order valence-corrected chi connectivity index (χ0v) is 28.1. The van der Waals surface area contributed by atoms with Crippen LogP contribution in [0.1, 0.15) is 92.1 Å². The number of carbonyl (C=O) groups excluding carboxylic acids is 2. The molecule has 0 spiro atoms. The number of halogens is 2. The number of likely N-dealkylation sites (tertiary alicyclic amines) is 1. The molecule has 4 heterocycles. The molecule has 1 aromatic rings. The highest BCUT2D eigenvalue weighted by Gasteiger charge is 2.57. The highest BCUT2D eigenvalue weighted by Crippen LogP contribution is 2.48. The van der Waals surface area contributed by atoms with Crippen molar-refractivity contribution in [2.75, 3.05) is 19.7 Å². The molecule has 0 radical (unpaired) electrons. The number of hydrogen-bond acceptors (Lipinski definition) is 7. The summed E-state index contributed by atoms with van der Waals surface area (Å²) in [5, 5.41) is 13.1. The van der Waals surface area contributed by atoms with Crippen LogP contribution in [0.3, 0.4) is 0 Å². The van der Waals surface area contributed by atoms with Gasteiger partial charge in [-0.1, -0.05) is 30.3 Å². The van der Waals surface area contributed by atoms with Crippen molar-refractivity contribution in [1.29, 1.82) is 5.26 Å². The number of fused-ring (bicyclic) bond motifs is 2. The van der Waals surface area contributed by atoms with Crippen molar-refractivity contribution in [2.24, 2.45) is 5.92 Å². The number of benzene rings is 1. The Bertz CT molecular complexity index is 1300. The molecule has 5 rings (SSSR count). The van der Waals surface area contributed by atoms with Crippen LogP contribution >= 0.6 is 0 Å². The van der Waals surface area contributed by atoms with E-state index in [2.05, 4.69) is 11.4 Å². The zero-order valence-electron chi connectivity index (χ0n) is 28.1. The fourth-order valence-electron chi connectivity index (χ4n) is 7.58. The first kappa shape index (κ1) is 34.6. The molecule has 0 aromatic heterocycles. The topological polar surface area (TPSA) is 104 Å². The smallest absolute Gasteiger partial charge is 0.447 e. The Kier molecular flexibility index (Phi) is 9.55. The van der Waals surface area contributed by atoms with E-state index in [1.165, 1.54) is 0 Å². The van der Waals surface area contributed by atoms with Gasteiger partial charge in [0.05, 0.1) is 35.3 Å². The van der Waals surface area contributed by atoms with Crippen molar-refractivity contribution >= 4 is 19.1 Å². The van der Waals surface area contributed by atoms with E-state index in [0.717, 1.165) is 18.4 Å². The first-order valence-corrected chi connectivity index (χ1v) is 16.7. The first-order chi connectivity index (χ1) is 21.5. The van der Waals surface area contributed by atoms with Crippen molar-refractivity contribution in [3.05, 3.63) is 35.9 Å². The summed E-state index contributed by atoms with van der Waals surface area (Å²) >= 11 is 0. The summed E-state index contributed by atoms with van der Waals surface area (Å²) in [6.45, 7) is 11.4. The molecule has 4 aliphatic heterocycles. The van der Waals surface area contributed by atoms with Gasteiger partial charge < -0.3 is 24.3 Å². The monoisotopic (exact) mass is 642 g/mol. The van der Waals surface area contributed by atoms with E-state index in [4.69, 9.17) is 14.0 Å². The summed E-state index contributed by atoms with van der Waals surface area (Å²) in [7, 11) is -0.671. The number of nitriles is 1. The molecule has 2 atom stereocenters. The Labute approximate surface area is 272 Å². The van der Waals surface area contributed by atoms with E-state index < -0.39 is 53.3 Å². The van der Waals surface area contributed by atoms with Crippen LogP contribution in [0.4, 0.5) is 13.6 Å². The van der Waals surface area contributed by atoms with Crippen LogP contribution in [-0.4, -0.2) is 88.8 Å². The maximum absolute atomic E-state index is 14.0. The summed E-state index contributed by atoms with van der Waals surface area (Å²) in [6.07, 6.45) is 3.46. The van der Waals surface area contributed by atoms with E-state index in [1.807, 2.05) is 71.9 Å². The van der Waals surface area contributed by atoms with Gasteiger partial charge in [0.2, 0.25) is 5.91 Å². The average Bonchev–Trinajstić information content (AvgIpc) is 3.72. The first-order valence-electron chi connectivity index (χ1n) is 16.7. The number of rotatable bonds is 11. The Morgan fingerprint density at radius 3 is 2.30 bits per heavy atom. The predicted octanol–water partition coefficient (Wildman–Crippen LogP) is 5.52. The second kappa shape index (κ2) is 12.7. The third-order valence-corrected chi connectivity index (χ3v) is 11.1. The lowest BCUT2D eigenvalue weighted by atomic mass is 9.75. The SMILES string of the molecule is CC(C)(CC(C#N)C(=O)N1C2CCC1(COC(=O)N[C@@H](CCc1ccccc1)B1OC(C)(C)C(C)(C)O1)CC2)N1CCC(F)(F)C1. The fourth-order valence-corrected chi connectivity index (χ4v) is 7.58. The Morgan fingerprint density at radius 2 is 1.74 bits per heavy atom. The molecule has 1 N–H and O–H groups in total. The highest BCUT2D eigenvalue weighted by molar-refractivity contribution is 6.48. The summed E-state index contributed by atoms with van der Waals surface area (Å²) in [5.74, 6) is -4.53. The number of ether oxygens (including phenoxy) is 1. The maximum atomic E-state index is 14.0. The number of amides is 2. The van der Waals surface area contributed by atoms with Crippen LogP contribution < -0.4 is 5.32 Å². The van der Waals surface area contributed by atoms with Crippen LogP contribution in [0, 0.1) is 17.2 Å². The summed E-state index contributed by atoms with van der Waals surface area (Å²) in [4.78, 5) is 30.8. The summed E-state index contributed by atoms with van der Waals surface area (Å²) < 4.78 is 46.4. The molecule has 0 saturated carbocycles. The molecule has 252 valence electrons. The molecule has 9 nitrogen and oxygen atoms in total. The van der Waals surface area contributed by atoms with Gasteiger partial charge in [0, 0.05) is 24.5 Å². The Morgan fingerprint density at radius 1 is 1.11 bits per heavy atom. The summed E-state index contributed by atoms with van der Waals surface area (Å²) in [6, 6.07) is 12.1. The van der Waals surface area contributed by atoms with Gasteiger partial charge in [-0.2, -0.15) is 5.26 Å². The molecule has 1 unspecified atom stereocenters. The van der Waals surface area contributed by atoms with Crippen molar-refractivity contribution in [1.82, 2.24) is 15.1 Å². The van der Waals surface area contributed by atoms with Crippen molar-refractivity contribution in [2.45, 2.75) is 133 Å². The average molecular weight is 643 g/mol. The quantitative estimate of drug-likeness (QED) is 0.317. The van der Waals surface area contributed by atoms with Crippen LogP contribution in [0.15, 0.2) is 30.3 Å². The van der Waals surface area contributed by atoms with E-state index in [1.54, 1.807) is 9.80 Å².